The monoisotopic (exact) mass is 411 g/mol. The van der Waals surface area contributed by atoms with E-state index in [1.807, 2.05) is 30.5 Å². The van der Waals surface area contributed by atoms with E-state index in [9.17, 15) is 9.59 Å². The summed E-state index contributed by atoms with van der Waals surface area (Å²) in [5.74, 6) is -0.0733. The van der Waals surface area contributed by atoms with E-state index in [0.29, 0.717) is 29.5 Å². The Morgan fingerprint density at radius 2 is 1.79 bits per heavy atom. The summed E-state index contributed by atoms with van der Waals surface area (Å²) in [6, 6.07) is 14.0. The van der Waals surface area contributed by atoms with E-state index in [1.54, 1.807) is 24.3 Å². The molecule has 0 saturated carbocycles. The predicted molar refractivity (Wildman–Crippen MR) is 117 cm³/mol. The van der Waals surface area contributed by atoms with Gasteiger partial charge in [0.1, 0.15) is 6.04 Å². The zero-order valence-electron chi connectivity index (χ0n) is 16.7. The molecule has 0 aliphatic rings. The Labute approximate surface area is 175 Å². The van der Waals surface area contributed by atoms with Crippen molar-refractivity contribution >= 4 is 34.3 Å². The number of H-pyrrole nitrogens is 1. The fourth-order valence-electron chi connectivity index (χ4n) is 3.22. The smallest absolute Gasteiger partial charge is 0.253 e. The van der Waals surface area contributed by atoms with Crippen molar-refractivity contribution in [3.05, 3.63) is 70.9 Å². The van der Waals surface area contributed by atoms with Crippen LogP contribution < -0.4 is 10.6 Å². The lowest BCUT2D eigenvalue weighted by Crippen LogP contribution is -2.48. The highest BCUT2D eigenvalue weighted by Gasteiger charge is 2.24. The topological polar surface area (TPSA) is 74.0 Å². The minimum absolute atomic E-state index is 0.198. The van der Waals surface area contributed by atoms with Crippen LogP contribution in [-0.2, 0) is 11.2 Å². The Kier molecular flexibility index (Phi) is 6.94. The number of aromatic nitrogens is 1. The maximum absolute atomic E-state index is 12.9. The molecular weight excluding hydrogens is 386 g/mol. The largest absolute Gasteiger partial charge is 0.361 e. The van der Waals surface area contributed by atoms with E-state index in [1.165, 1.54) is 0 Å². The summed E-state index contributed by atoms with van der Waals surface area (Å²) < 4.78 is 0. The van der Waals surface area contributed by atoms with Gasteiger partial charge in [-0.2, -0.15) is 0 Å². The fourth-order valence-corrected chi connectivity index (χ4v) is 3.44. The van der Waals surface area contributed by atoms with Gasteiger partial charge in [0, 0.05) is 30.1 Å². The standard InChI is InChI=1S/C23H26ClN3O2/c1-15(2)11-12-25-23(29)21(27-22(28)18-8-3-5-9-19(18)24)13-16-14-26-20-10-6-4-7-17(16)20/h3-10,14-15,21,26H,11-13H2,1-2H3,(H,25,29)(H,27,28). The van der Waals surface area contributed by atoms with Crippen molar-refractivity contribution in [2.75, 3.05) is 6.54 Å². The average molecular weight is 412 g/mol. The third-order valence-electron chi connectivity index (χ3n) is 4.86. The first-order chi connectivity index (χ1) is 14.0. The maximum Gasteiger partial charge on any atom is 0.253 e. The summed E-state index contributed by atoms with van der Waals surface area (Å²) in [5, 5.41) is 7.21. The number of amides is 2. The van der Waals surface area contributed by atoms with Crippen molar-refractivity contribution in [1.82, 2.24) is 15.6 Å². The molecule has 1 unspecified atom stereocenters. The van der Waals surface area contributed by atoms with Crippen LogP contribution in [0, 0.1) is 5.92 Å². The van der Waals surface area contributed by atoms with Gasteiger partial charge in [-0.3, -0.25) is 9.59 Å². The molecule has 5 nitrogen and oxygen atoms in total. The number of benzene rings is 2. The molecule has 29 heavy (non-hydrogen) atoms. The van der Waals surface area contributed by atoms with E-state index in [0.717, 1.165) is 22.9 Å². The van der Waals surface area contributed by atoms with Crippen LogP contribution in [0.1, 0.15) is 36.2 Å². The zero-order valence-corrected chi connectivity index (χ0v) is 17.4. The van der Waals surface area contributed by atoms with Crippen LogP contribution >= 0.6 is 11.6 Å². The van der Waals surface area contributed by atoms with Gasteiger partial charge in [-0.1, -0.05) is 55.8 Å². The van der Waals surface area contributed by atoms with E-state index in [-0.39, 0.29) is 11.8 Å². The molecule has 0 aliphatic heterocycles. The normalized spacial score (nSPS) is 12.1. The Balaban J connectivity index is 1.80. The highest BCUT2D eigenvalue weighted by Crippen LogP contribution is 2.20. The van der Waals surface area contributed by atoms with Crippen LogP contribution in [0.4, 0.5) is 0 Å². The molecule has 0 saturated heterocycles. The number of fused-ring (bicyclic) bond motifs is 1. The first kappa shape index (κ1) is 20.9. The molecule has 0 radical (unpaired) electrons. The van der Waals surface area contributed by atoms with Gasteiger partial charge in [-0.15, -0.1) is 0 Å². The highest BCUT2D eigenvalue weighted by molar-refractivity contribution is 6.33. The second kappa shape index (κ2) is 9.61. The number of halogens is 1. The first-order valence-corrected chi connectivity index (χ1v) is 10.2. The van der Waals surface area contributed by atoms with E-state index in [2.05, 4.69) is 29.5 Å². The number of hydrogen-bond acceptors (Lipinski definition) is 2. The lowest BCUT2D eigenvalue weighted by atomic mass is 10.0. The van der Waals surface area contributed by atoms with Crippen LogP contribution in [-0.4, -0.2) is 29.4 Å². The minimum Gasteiger partial charge on any atom is -0.361 e. The SMILES string of the molecule is CC(C)CCNC(=O)C(Cc1c[nH]c2ccccc12)NC(=O)c1ccccc1Cl. The summed E-state index contributed by atoms with van der Waals surface area (Å²) in [7, 11) is 0. The van der Waals surface area contributed by atoms with Crippen molar-refractivity contribution in [1.29, 1.82) is 0 Å². The molecule has 3 rings (SSSR count). The van der Waals surface area contributed by atoms with Crippen LogP contribution in [0.25, 0.3) is 10.9 Å². The van der Waals surface area contributed by atoms with Crippen molar-refractivity contribution in [2.24, 2.45) is 5.92 Å². The lowest BCUT2D eigenvalue weighted by molar-refractivity contribution is -0.123. The molecule has 6 heteroatoms. The Bertz CT molecular complexity index is 996. The van der Waals surface area contributed by atoms with Crippen LogP contribution in [0.2, 0.25) is 5.02 Å². The van der Waals surface area contributed by atoms with Gasteiger partial charge in [-0.05, 0) is 36.1 Å². The summed E-state index contributed by atoms with van der Waals surface area (Å²) in [5.41, 5.74) is 2.33. The fraction of sp³-hybridized carbons (Fsp3) is 0.304. The molecule has 0 aliphatic carbocycles. The molecule has 1 atom stereocenters. The Morgan fingerprint density at radius 3 is 2.55 bits per heavy atom. The number of carbonyl (C=O) groups is 2. The second-order valence-corrected chi connectivity index (χ2v) is 7.95. The van der Waals surface area contributed by atoms with Gasteiger partial charge in [0.15, 0.2) is 0 Å². The third kappa shape index (κ3) is 5.39. The number of hydrogen-bond donors (Lipinski definition) is 3. The average Bonchev–Trinajstić information content (AvgIpc) is 3.10. The molecule has 0 bridgehead atoms. The molecule has 0 fully saturated rings. The van der Waals surface area contributed by atoms with E-state index >= 15 is 0 Å². The summed E-state index contributed by atoms with van der Waals surface area (Å²) >= 11 is 6.16. The molecule has 3 N–H and O–H groups in total. The van der Waals surface area contributed by atoms with Crippen molar-refractivity contribution in [2.45, 2.75) is 32.7 Å². The predicted octanol–water partition coefficient (Wildman–Crippen LogP) is 4.32. The van der Waals surface area contributed by atoms with Crippen molar-refractivity contribution < 1.29 is 9.59 Å². The van der Waals surface area contributed by atoms with Crippen LogP contribution in [0.5, 0.6) is 0 Å². The quantitative estimate of drug-likeness (QED) is 0.516. The molecule has 1 aromatic heterocycles. The van der Waals surface area contributed by atoms with E-state index < -0.39 is 6.04 Å². The van der Waals surface area contributed by atoms with Gasteiger partial charge in [0.05, 0.1) is 10.6 Å². The summed E-state index contributed by atoms with van der Waals surface area (Å²) in [6.07, 6.45) is 3.15. The van der Waals surface area contributed by atoms with E-state index in [4.69, 9.17) is 11.6 Å². The number of carbonyl (C=O) groups excluding carboxylic acids is 2. The van der Waals surface area contributed by atoms with Crippen molar-refractivity contribution in [3.63, 3.8) is 0 Å². The first-order valence-electron chi connectivity index (χ1n) is 9.83. The molecule has 0 spiro atoms. The number of para-hydroxylation sites is 1. The Morgan fingerprint density at radius 1 is 1.07 bits per heavy atom. The zero-order chi connectivity index (χ0) is 20.8. The number of aromatic amines is 1. The summed E-state index contributed by atoms with van der Waals surface area (Å²) in [4.78, 5) is 28.9. The van der Waals surface area contributed by atoms with Gasteiger partial charge < -0.3 is 15.6 Å². The highest BCUT2D eigenvalue weighted by atomic mass is 35.5. The Hall–Kier alpha value is -2.79. The molecule has 3 aromatic rings. The minimum atomic E-state index is -0.704. The molecule has 2 aromatic carbocycles. The lowest BCUT2D eigenvalue weighted by Gasteiger charge is -2.19. The van der Waals surface area contributed by atoms with Gasteiger partial charge in [-0.25, -0.2) is 0 Å². The van der Waals surface area contributed by atoms with Gasteiger partial charge in [0.25, 0.3) is 5.91 Å². The number of nitrogens with one attached hydrogen (secondary N) is 3. The van der Waals surface area contributed by atoms with Gasteiger partial charge >= 0.3 is 0 Å². The van der Waals surface area contributed by atoms with Crippen molar-refractivity contribution in [3.8, 4) is 0 Å². The van der Waals surface area contributed by atoms with Gasteiger partial charge in [0.2, 0.25) is 5.91 Å². The van der Waals surface area contributed by atoms with Crippen LogP contribution in [0.15, 0.2) is 54.7 Å². The second-order valence-electron chi connectivity index (χ2n) is 7.54. The molecule has 1 heterocycles. The molecule has 2 amide bonds. The summed E-state index contributed by atoms with van der Waals surface area (Å²) in [6.45, 7) is 4.78. The maximum atomic E-state index is 12.9. The third-order valence-corrected chi connectivity index (χ3v) is 5.19. The molecular formula is C23H26ClN3O2. The van der Waals surface area contributed by atoms with Crippen LogP contribution in [0.3, 0.4) is 0 Å². The number of rotatable bonds is 8. The molecule has 152 valence electrons.